The first kappa shape index (κ1) is 17.6. The van der Waals surface area contributed by atoms with Crippen LogP contribution in [0.4, 0.5) is 0 Å². The lowest BCUT2D eigenvalue weighted by Gasteiger charge is -2.10. The summed E-state index contributed by atoms with van der Waals surface area (Å²) < 4.78 is 7.85. The Balaban J connectivity index is 1.46. The molecule has 1 aliphatic rings. The largest absolute Gasteiger partial charge is 0.481 e. The number of hydrogen-bond acceptors (Lipinski definition) is 5. The van der Waals surface area contributed by atoms with Crippen LogP contribution in [0.25, 0.3) is 11.4 Å². The van der Waals surface area contributed by atoms with Gasteiger partial charge in [-0.1, -0.05) is 18.2 Å². The van der Waals surface area contributed by atoms with E-state index in [1.54, 1.807) is 24.2 Å². The number of carboxylic acid groups (broad SMARTS) is 1. The van der Waals surface area contributed by atoms with Gasteiger partial charge in [0.05, 0.1) is 6.42 Å². The number of aliphatic carboxylic acids is 1. The number of carbonyl (C=O) groups is 1. The first-order valence-corrected chi connectivity index (χ1v) is 9.62. The molecular formula is C20H19N3O3S. The minimum Gasteiger partial charge on any atom is -0.481 e. The average Bonchev–Trinajstić information content (AvgIpc) is 3.26. The normalized spacial score (nSPS) is 15.5. The first-order valence-electron chi connectivity index (χ1n) is 8.64. The lowest BCUT2D eigenvalue weighted by molar-refractivity contribution is -0.137. The molecule has 3 heterocycles. The zero-order chi connectivity index (χ0) is 18.8. The Morgan fingerprint density at radius 1 is 1.37 bits per heavy atom. The van der Waals surface area contributed by atoms with Gasteiger partial charge in [-0.25, -0.2) is 9.97 Å². The van der Waals surface area contributed by atoms with Crippen molar-refractivity contribution < 1.29 is 14.6 Å². The van der Waals surface area contributed by atoms with Crippen LogP contribution >= 0.6 is 11.8 Å². The first-order chi connectivity index (χ1) is 13.1. The second-order valence-electron chi connectivity index (χ2n) is 6.52. The highest BCUT2D eigenvalue weighted by atomic mass is 32.2. The van der Waals surface area contributed by atoms with Crippen LogP contribution in [0.15, 0.2) is 53.8 Å². The molecule has 0 saturated carbocycles. The van der Waals surface area contributed by atoms with Crippen molar-refractivity contribution in [1.29, 1.82) is 0 Å². The SMILES string of the molecule is Cn1ccnc1-c1cccc(COc2cc3c(cn2)C(CC(=O)O)CS3)c1. The molecule has 0 radical (unpaired) electrons. The van der Waals surface area contributed by atoms with E-state index in [4.69, 9.17) is 9.84 Å². The van der Waals surface area contributed by atoms with E-state index in [-0.39, 0.29) is 12.3 Å². The third-order valence-corrected chi connectivity index (χ3v) is 5.80. The van der Waals surface area contributed by atoms with Gasteiger partial charge < -0.3 is 14.4 Å². The Hall–Kier alpha value is -2.80. The molecule has 1 aromatic carbocycles. The Labute approximate surface area is 161 Å². The fraction of sp³-hybridized carbons (Fsp3) is 0.250. The minimum absolute atomic E-state index is 0.0264. The fourth-order valence-electron chi connectivity index (χ4n) is 3.20. The van der Waals surface area contributed by atoms with Crippen LogP contribution in [0.3, 0.4) is 0 Å². The lowest BCUT2D eigenvalue weighted by atomic mass is 10.00. The Bertz CT molecular complexity index is 986. The number of benzene rings is 1. The van der Waals surface area contributed by atoms with Gasteiger partial charge in [-0.05, 0) is 17.2 Å². The van der Waals surface area contributed by atoms with E-state index in [2.05, 4.69) is 16.0 Å². The highest BCUT2D eigenvalue weighted by molar-refractivity contribution is 7.99. The van der Waals surface area contributed by atoms with E-state index in [9.17, 15) is 4.79 Å². The van der Waals surface area contributed by atoms with Crippen molar-refractivity contribution in [2.45, 2.75) is 23.8 Å². The van der Waals surface area contributed by atoms with E-state index in [0.29, 0.717) is 12.5 Å². The summed E-state index contributed by atoms with van der Waals surface area (Å²) in [4.78, 5) is 20.8. The predicted octanol–water partition coefficient (Wildman–Crippen LogP) is 3.73. The van der Waals surface area contributed by atoms with Crippen molar-refractivity contribution in [2.75, 3.05) is 5.75 Å². The van der Waals surface area contributed by atoms with Crippen LogP contribution < -0.4 is 4.74 Å². The second-order valence-corrected chi connectivity index (χ2v) is 7.58. The molecule has 138 valence electrons. The number of hydrogen-bond donors (Lipinski definition) is 1. The van der Waals surface area contributed by atoms with Gasteiger partial charge in [0.2, 0.25) is 5.88 Å². The highest BCUT2D eigenvalue weighted by Gasteiger charge is 2.26. The number of carboxylic acids is 1. The van der Waals surface area contributed by atoms with E-state index >= 15 is 0 Å². The van der Waals surface area contributed by atoms with Gasteiger partial charge in [-0.15, -0.1) is 11.8 Å². The average molecular weight is 381 g/mol. The highest BCUT2D eigenvalue weighted by Crippen LogP contribution is 2.42. The molecule has 1 unspecified atom stereocenters. The molecule has 3 aromatic rings. The van der Waals surface area contributed by atoms with Crippen molar-refractivity contribution in [3.8, 4) is 17.3 Å². The van der Waals surface area contributed by atoms with Gasteiger partial charge in [0.1, 0.15) is 12.4 Å². The van der Waals surface area contributed by atoms with Crippen LogP contribution in [-0.4, -0.2) is 31.4 Å². The number of pyridine rings is 1. The zero-order valence-corrected chi connectivity index (χ0v) is 15.6. The molecule has 0 saturated heterocycles. The molecule has 0 aliphatic carbocycles. The van der Waals surface area contributed by atoms with Gasteiger partial charge in [-0.2, -0.15) is 0 Å². The molecule has 0 bridgehead atoms. The molecule has 1 N–H and O–H groups in total. The van der Waals surface area contributed by atoms with Crippen LogP contribution in [0, 0.1) is 0 Å². The summed E-state index contributed by atoms with van der Waals surface area (Å²) in [6.07, 6.45) is 5.59. The zero-order valence-electron chi connectivity index (χ0n) is 14.8. The Morgan fingerprint density at radius 2 is 2.26 bits per heavy atom. The van der Waals surface area contributed by atoms with E-state index < -0.39 is 5.97 Å². The van der Waals surface area contributed by atoms with Crippen molar-refractivity contribution in [2.24, 2.45) is 7.05 Å². The van der Waals surface area contributed by atoms with Crippen molar-refractivity contribution in [3.63, 3.8) is 0 Å². The molecule has 1 atom stereocenters. The summed E-state index contributed by atoms with van der Waals surface area (Å²) >= 11 is 1.66. The van der Waals surface area contributed by atoms with E-state index in [1.165, 1.54) is 0 Å². The predicted molar refractivity (Wildman–Crippen MR) is 103 cm³/mol. The number of fused-ring (bicyclic) bond motifs is 1. The van der Waals surface area contributed by atoms with Crippen LogP contribution in [0.1, 0.15) is 23.5 Å². The maximum absolute atomic E-state index is 11.0. The van der Waals surface area contributed by atoms with E-state index in [1.807, 2.05) is 42.1 Å². The number of aromatic nitrogens is 3. The van der Waals surface area contributed by atoms with Crippen LogP contribution in [0.2, 0.25) is 0 Å². The topological polar surface area (TPSA) is 77.2 Å². The van der Waals surface area contributed by atoms with Gasteiger partial charge in [0, 0.05) is 53.8 Å². The Kier molecular flexibility index (Phi) is 4.85. The Morgan fingerprint density at radius 3 is 3.04 bits per heavy atom. The monoisotopic (exact) mass is 381 g/mol. The molecule has 0 spiro atoms. The van der Waals surface area contributed by atoms with E-state index in [0.717, 1.165) is 33.2 Å². The third-order valence-electron chi connectivity index (χ3n) is 4.56. The van der Waals surface area contributed by atoms with Crippen molar-refractivity contribution >= 4 is 17.7 Å². The maximum atomic E-state index is 11.0. The summed E-state index contributed by atoms with van der Waals surface area (Å²) in [7, 11) is 1.97. The number of imidazole rings is 1. The number of aryl methyl sites for hydroxylation is 1. The number of thioether (sulfide) groups is 1. The maximum Gasteiger partial charge on any atom is 0.303 e. The standard InChI is InChI=1S/C20H19N3O3S/c1-23-6-5-21-20(23)14-4-2-3-13(7-14)11-26-18-9-17-16(10-22-18)15(12-27-17)8-19(24)25/h2-7,9-10,15H,8,11-12H2,1H3,(H,24,25). The summed E-state index contributed by atoms with van der Waals surface area (Å²) in [5.74, 6) is 1.49. The number of rotatable bonds is 6. The fourth-order valence-corrected chi connectivity index (χ4v) is 4.45. The molecule has 2 aromatic heterocycles. The molecule has 0 amide bonds. The molecule has 1 aliphatic heterocycles. The molecule has 6 nitrogen and oxygen atoms in total. The van der Waals surface area contributed by atoms with Crippen molar-refractivity contribution in [3.05, 3.63) is 60.0 Å². The summed E-state index contributed by atoms with van der Waals surface area (Å²) in [6.45, 7) is 0.410. The van der Waals surface area contributed by atoms with Gasteiger partial charge in [0.15, 0.2) is 0 Å². The number of nitrogens with zero attached hydrogens (tertiary/aromatic N) is 3. The summed E-state index contributed by atoms with van der Waals surface area (Å²) in [5, 5.41) is 9.01. The van der Waals surface area contributed by atoms with Crippen LogP contribution in [-0.2, 0) is 18.4 Å². The second kappa shape index (κ2) is 7.44. The molecule has 0 fully saturated rings. The molecule has 27 heavy (non-hydrogen) atoms. The van der Waals surface area contributed by atoms with Crippen molar-refractivity contribution in [1.82, 2.24) is 14.5 Å². The lowest BCUT2D eigenvalue weighted by Crippen LogP contribution is -2.06. The van der Waals surface area contributed by atoms with Gasteiger partial charge >= 0.3 is 5.97 Å². The quantitative estimate of drug-likeness (QED) is 0.701. The third kappa shape index (κ3) is 3.83. The molecule has 7 heteroatoms. The van der Waals surface area contributed by atoms with Gasteiger partial charge in [0.25, 0.3) is 0 Å². The smallest absolute Gasteiger partial charge is 0.303 e. The van der Waals surface area contributed by atoms with Gasteiger partial charge in [-0.3, -0.25) is 4.79 Å². The summed E-state index contributed by atoms with van der Waals surface area (Å²) in [5.41, 5.74) is 3.08. The summed E-state index contributed by atoms with van der Waals surface area (Å²) in [6, 6.07) is 10.00. The molecular weight excluding hydrogens is 362 g/mol. The number of ether oxygens (including phenoxy) is 1. The molecule has 4 rings (SSSR count). The van der Waals surface area contributed by atoms with Crippen LogP contribution in [0.5, 0.6) is 5.88 Å². The minimum atomic E-state index is -0.777.